The summed E-state index contributed by atoms with van der Waals surface area (Å²) in [4.78, 5) is 11.7. The lowest BCUT2D eigenvalue weighted by molar-refractivity contribution is -0.119. The molecule has 0 aliphatic carbocycles. The fourth-order valence-electron chi connectivity index (χ4n) is 1.30. The van der Waals surface area contributed by atoms with Gasteiger partial charge in [-0.2, -0.15) is 5.26 Å². The number of nitrogens with zero attached hydrogens (tertiary/aromatic N) is 1. The fourth-order valence-corrected chi connectivity index (χ4v) is 1.30. The third kappa shape index (κ3) is 4.46. The number of nitriles is 1. The number of hydrogen-bond acceptors (Lipinski definition) is 3. The zero-order chi connectivity index (χ0) is 13.4. The van der Waals surface area contributed by atoms with Crippen LogP contribution in [0.4, 0.5) is 5.69 Å². The molecule has 1 aromatic carbocycles. The van der Waals surface area contributed by atoms with E-state index in [1.807, 2.05) is 19.9 Å². The summed E-state index contributed by atoms with van der Waals surface area (Å²) < 4.78 is 5.34. The molecule has 0 aliphatic rings. The summed E-state index contributed by atoms with van der Waals surface area (Å²) in [7, 11) is 0. The third-order valence-electron chi connectivity index (χ3n) is 2.66. The van der Waals surface area contributed by atoms with Crippen LogP contribution in [0.2, 0.25) is 0 Å². The lowest BCUT2D eigenvalue weighted by atomic mass is 10.1. The highest BCUT2D eigenvalue weighted by Crippen LogP contribution is 2.16. The molecular weight excluding hydrogens is 228 g/mol. The van der Waals surface area contributed by atoms with Crippen molar-refractivity contribution < 1.29 is 9.53 Å². The normalized spacial score (nSPS) is 11.4. The number of nitrogens with one attached hydrogen (secondary N) is 1. The Morgan fingerprint density at radius 3 is 2.67 bits per heavy atom. The van der Waals surface area contributed by atoms with Gasteiger partial charge in [0.2, 0.25) is 5.91 Å². The van der Waals surface area contributed by atoms with Gasteiger partial charge in [0.05, 0.1) is 12.5 Å². The maximum Gasteiger partial charge on any atom is 0.227 e. The monoisotopic (exact) mass is 246 g/mol. The van der Waals surface area contributed by atoms with E-state index in [1.54, 1.807) is 24.3 Å². The molecule has 1 aromatic rings. The average Bonchev–Trinajstić information content (AvgIpc) is 2.40. The van der Waals surface area contributed by atoms with E-state index in [1.165, 1.54) is 0 Å². The van der Waals surface area contributed by atoms with Gasteiger partial charge >= 0.3 is 0 Å². The van der Waals surface area contributed by atoms with Crippen LogP contribution in [0.5, 0.6) is 5.75 Å². The first kappa shape index (κ1) is 14.0. The van der Waals surface area contributed by atoms with Gasteiger partial charge in [-0.25, -0.2) is 0 Å². The van der Waals surface area contributed by atoms with Gasteiger partial charge in [0, 0.05) is 11.6 Å². The van der Waals surface area contributed by atoms with E-state index in [9.17, 15) is 4.79 Å². The molecule has 0 spiro atoms. The molecule has 96 valence electrons. The van der Waals surface area contributed by atoms with Gasteiger partial charge in [0.15, 0.2) is 0 Å². The number of benzene rings is 1. The first-order valence-corrected chi connectivity index (χ1v) is 6.08. The van der Waals surface area contributed by atoms with E-state index in [2.05, 4.69) is 5.32 Å². The summed E-state index contributed by atoms with van der Waals surface area (Å²) in [6.45, 7) is 4.26. The van der Waals surface area contributed by atoms with Gasteiger partial charge in [-0.1, -0.05) is 13.8 Å². The van der Waals surface area contributed by atoms with Crippen LogP contribution < -0.4 is 10.1 Å². The Labute approximate surface area is 108 Å². The van der Waals surface area contributed by atoms with Crippen LogP contribution in [0.3, 0.4) is 0 Å². The zero-order valence-electron chi connectivity index (χ0n) is 10.8. The summed E-state index contributed by atoms with van der Waals surface area (Å²) in [5, 5.41) is 11.2. The largest absolute Gasteiger partial charge is 0.493 e. The standard InChI is InChI=1S/C14H18N2O2/c1-3-11(2)14(17)16-12-5-7-13(8-6-12)18-10-4-9-15/h5-8,11H,3-4,10H2,1-2H3,(H,16,17). The van der Waals surface area contributed by atoms with Crippen molar-refractivity contribution in [2.24, 2.45) is 5.92 Å². The summed E-state index contributed by atoms with van der Waals surface area (Å²) in [6.07, 6.45) is 1.19. The average molecular weight is 246 g/mol. The highest BCUT2D eigenvalue weighted by atomic mass is 16.5. The fraction of sp³-hybridized carbons (Fsp3) is 0.429. The third-order valence-corrected chi connectivity index (χ3v) is 2.66. The molecule has 0 aromatic heterocycles. The van der Waals surface area contributed by atoms with Crippen molar-refractivity contribution in [3.8, 4) is 11.8 Å². The van der Waals surface area contributed by atoms with E-state index in [0.717, 1.165) is 12.1 Å². The second kappa shape index (κ2) is 7.33. The molecule has 1 amide bonds. The van der Waals surface area contributed by atoms with Gasteiger partial charge in [-0.15, -0.1) is 0 Å². The van der Waals surface area contributed by atoms with Crippen molar-refractivity contribution in [2.45, 2.75) is 26.7 Å². The zero-order valence-corrected chi connectivity index (χ0v) is 10.8. The Balaban J connectivity index is 2.50. The number of rotatable bonds is 6. The molecule has 4 heteroatoms. The second-order valence-electron chi connectivity index (χ2n) is 4.08. The van der Waals surface area contributed by atoms with E-state index >= 15 is 0 Å². The van der Waals surface area contributed by atoms with Crippen molar-refractivity contribution in [1.29, 1.82) is 5.26 Å². The lowest BCUT2D eigenvalue weighted by Gasteiger charge is -2.10. The smallest absolute Gasteiger partial charge is 0.227 e. The number of carbonyl (C=O) groups is 1. The maximum atomic E-state index is 11.7. The Morgan fingerprint density at radius 2 is 2.11 bits per heavy atom. The van der Waals surface area contributed by atoms with Crippen LogP contribution in [0.1, 0.15) is 26.7 Å². The first-order valence-electron chi connectivity index (χ1n) is 6.08. The first-order chi connectivity index (χ1) is 8.67. The molecule has 0 heterocycles. The number of hydrogen-bond donors (Lipinski definition) is 1. The molecule has 0 fully saturated rings. The molecule has 18 heavy (non-hydrogen) atoms. The molecule has 0 bridgehead atoms. The molecule has 1 unspecified atom stereocenters. The highest BCUT2D eigenvalue weighted by molar-refractivity contribution is 5.92. The summed E-state index contributed by atoms with van der Waals surface area (Å²) in [5.41, 5.74) is 0.757. The Morgan fingerprint density at radius 1 is 1.44 bits per heavy atom. The maximum absolute atomic E-state index is 11.7. The van der Waals surface area contributed by atoms with E-state index in [0.29, 0.717) is 18.8 Å². The topological polar surface area (TPSA) is 62.1 Å². The lowest BCUT2D eigenvalue weighted by Crippen LogP contribution is -2.19. The van der Waals surface area contributed by atoms with Crippen molar-refractivity contribution in [1.82, 2.24) is 0 Å². The van der Waals surface area contributed by atoms with Crippen molar-refractivity contribution >= 4 is 11.6 Å². The van der Waals surface area contributed by atoms with Gasteiger partial charge in [0.1, 0.15) is 12.4 Å². The van der Waals surface area contributed by atoms with Gasteiger partial charge in [-0.05, 0) is 30.7 Å². The van der Waals surface area contributed by atoms with Crippen molar-refractivity contribution in [2.75, 3.05) is 11.9 Å². The molecule has 0 saturated heterocycles. The minimum absolute atomic E-state index is 0.0107. The van der Waals surface area contributed by atoms with Crippen LogP contribution >= 0.6 is 0 Å². The molecule has 4 nitrogen and oxygen atoms in total. The van der Waals surface area contributed by atoms with E-state index in [-0.39, 0.29) is 11.8 Å². The summed E-state index contributed by atoms with van der Waals surface area (Å²) >= 11 is 0. The minimum atomic E-state index is 0.0107. The van der Waals surface area contributed by atoms with Gasteiger partial charge < -0.3 is 10.1 Å². The predicted octanol–water partition coefficient (Wildman–Crippen LogP) is 2.96. The number of ether oxygens (including phenoxy) is 1. The van der Waals surface area contributed by atoms with Crippen LogP contribution in [-0.2, 0) is 4.79 Å². The van der Waals surface area contributed by atoms with Crippen molar-refractivity contribution in [3.05, 3.63) is 24.3 Å². The second-order valence-corrected chi connectivity index (χ2v) is 4.08. The number of carbonyl (C=O) groups excluding carboxylic acids is 1. The quantitative estimate of drug-likeness (QED) is 0.785. The highest BCUT2D eigenvalue weighted by Gasteiger charge is 2.10. The Hall–Kier alpha value is -2.02. The number of amides is 1. The van der Waals surface area contributed by atoms with Crippen LogP contribution in [0.15, 0.2) is 24.3 Å². The predicted molar refractivity (Wildman–Crippen MR) is 70.3 cm³/mol. The number of anilines is 1. The molecular formula is C14H18N2O2. The van der Waals surface area contributed by atoms with E-state index < -0.39 is 0 Å². The van der Waals surface area contributed by atoms with E-state index in [4.69, 9.17) is 10.00 Å². The molecule has 1 atom stereocenters. The van der Waals surface area contributed by atoms with Gasteiger partial charge in [-0.3, -0.25) is 4.79 Å². The van der Waals surface area contributed by atoms with Crippen LogP contribution in [0, 0.1) is 17.2 Å². The van der Waals surface area contributed by atoms with Crippen LogP contribution in [-0.4, -0.2) is 12.5 Å². The molecule has 0 radical (unpaired) electrons. The molecule has 0 aliphatic heterocycles. The van der Waals surface area contributed by atoms with Crippen molar-refractivity contribution in [3.63, 3.8) is 0 Å². The summed E-state index contributed by atoms with van der Waals surface area (Å²) in [6, 6.07) is 9.16. The Kier molecular flexibility index (Phi) is 5.72. The van der Waals surface area contributed by atoms with Gasteiger partial charge in [0.25, 0.3) is 0 Å². The molecule has 0 saturated carbocycles. The Bertz CT molecular complexity index is 420. The molecule has 1 rings (SSSR count). The SMILES string of the molecule is CCC(C)C(=O)Nc1ccc(OCCC#N)cc1. The van der Waals surface area contributed by atoms with Crippen LogP contribution in [0.25, 0.3) is 0 Å². The molecule has 1 N–H and O–H groups in total. The minimum Gasteiger partial charge on any atom is -0.493 e. The summed E-state index contributed by atoms with van der Waals surface area (Å²) in [5.74, 6) is 0.735.